The van der Waals surface area contributed by atoms with Crippen molar-refractivity contribution in [3.05, 3.63) is 59.2 Å². The second kappa shape index (κ2) is 9.96. The SMILES string of the molecule is Cc1cc(OC(=O)OCC(C)C)ccc1C[C@@H](N)C(=O)N1CC(C)Cc2ccccc21. The number of nitrogens with zero attached hydrogens (tertiary/aromatic N) is 1. The second-order valence-corrected chi connectivity index (χ2v) is 8.84. The van der Waals surface area contributed by atoms with E-state index in [1.54, 1.807) is 12.1 Å². The molecule has 1 heterocycles. The van der Waals surface area contributed by atoms with E-state index < -0.39 is 12.2 Å². The number of rotatable bonds is 6. The van der Waals surface area contributed by atoms with Crippen molar-refractivity contribution in [2.45, 2.75) is 46.6 Å². The average Bonchev–Trinajstić information content (AvgIpc) is 2.73. The molecule has 0 bridgehead atoms. The first-order chi connectivity index (χ1) is 14.7. The van der Waals surface area contributed by atoms with E-state index in [9.17, 15) is 9.59 Å². The van der Waals surface area contributed by atoms with Gasteiger partial charge >= 0.3 is 6.16 Å². The van der Waals surface area contributed by atoms with Crippen LogP contribution in [0.25, 0.3) is 0 Å². The number of anilines is 1. The Balaban J connectivity index is 1.66. The summed E-state index contributed by atoms with van der Waals surface area (Å²) >= 11 is 0. The molecule has 0 saturated heterocycles. The maximum Gasteiger partial charge on any atom is 0.513 e. The molecule has 1 amide bonds. The zero-order valence-electron chi connectivity index (χ0n) is 18.8. The normalized spacial score (nSPS) is 16.6. The standard InChI is InChI=1S/C25H32N2O4/c1-16(2)15-30-25(29)31-21-10-9-19(18(4)12-21)13-22(26)24(28)27-14-17(3)11-20-7-5-6-8-23(20)27/h5-10,12,16-17,22H,11,13-15,26H2,1-4H3/t17?,22-/m1/s1. The molecule has 2 atom stereocenters. The van der Waals surface area contributed by atoms with Gasteiger partial charge in [0.15, 0.2) is 0 Å². The molecule has 6 heteroatoms. The Kier molecular flexibility index (Phi) is 7.33. The lowest BCUT2D eigenvalue weighted by Crippen LogP contribution is -2.48. The first-order valence-electron chi connectivity index (χ1n) is 10.8. The van der Waals surface area contributed by atoms with Crippen molar-refractivity contribution in [3.8, 4) is 5.75 Å². The number of carbonyl (C=O) groups is 2. The van der Waals surface area contributed by atoms with Gasteiger partial charge in [-0.05, 0) is 66.5 Å². The van der Waals surface area contributed by atoms with Crippen LogP contribution in [0.1, 0.15) is 37.5 Å². The molecule has 0 saturated carbocycles. The number of hydrogen-bond acceptors (Lipinski definition) is 5. The lowest BCUT2D eigenvalue weighted by molar-refractivity contribution is -0.120. The quantitative estimate of drug-likeness (QED) is 0.553. The Hall–Kier alpha value is -2.86. The summed E-state index contributed by atoms with van der Waals surface area (Å²) in [7, 11) is 0. The molecule has 0 aromatic heterocycles. The third kappa shape index (κ3) is 5.85. The molecule has 0 radical (unpaired) electrons. The van der Waals surface area contributed by atoms with Gasteiger partial charge in [-0.1, -0.05) is 45.0 Å². The van der Waals surface area contributed by atoms with Crippen molar-refractivity contribution >= 4 is 17.7 Å². The van der Waals surface area contributed by atoms with Crippen LogP contribution in [0.3, 0.4) is 0 Å². The molecule has 1 unspecified atom stereocenters. The third-order valence-corrected chi connectivity index (χ3v) is 5.42. The molecule has 0 aliphatic carbocycles. The number of benzene rings is 2. The van der Waals surface area contributed by atoms with Gasteiger partial charge in [0.25, 0.3) is 0 Å². The maximum absolute atomic E-state index is 13.2. The van der Waals surface area contributed by atoms with E-state index >= 15 is 0 Å². The zero-order valence-corrected chi connectivity index (χ0v) is 18.8. The number of hydrogen-bond donors (Lipinski definition) is 1. The minimum absolute atomic E-state index is 0.0732. The molecule has 2 aromatic rings. The van der Waals surface area contributed by atoms with Gasteiger partial charge in [-0.25, -0.2) is 4.79 Å². The highest BCUT2D eigenvalue weighted by atomic mass is 16.7. The molecule has 1 aliphatic heterocycles. The third-order valence-electron chi connectivity index (χ3n) is 5.42. The van der Waals surface area contributed by atoms with Crippen molar-refractivity contribution in [1.29, 1.82) is 0 Å². The lowest BCUT2D eigenvalue weighted by Gasteiger charge is -2.34. The summed E-state index contributed by atoms with van der Waals surface area (Å²) in [5.41, 5.74) is 10.3. The van der Waals surface area contributed by atoms with Crippen LogP contribution in [0.5, 0.6) is 5.75 Å². The van der Waals surface area contributed by atoms with Crippen molar-refractivity contribution in [3.63, 3.8) is 0 Å². The summed E-state index contributed by atoms with van der Waals surface area (Å²) in [6, 6.07) is 12.7. The average molecular weight is 425 g/mol. The maximum atomic E-state index is 13.2. The van der Waals surface area contributed by atoms with Crippen molar-refractivity contribution in [2.75, 3.05) is 18.1 Å². The summed E-state index contributed by atoms with van der Waals surface area (Å²) < 4.78 is 10.3. The highest BCUT2D eigenvalue weighted by Gasteiger charge is 2.29. The van der Waals surface area contributed by atoms with E-state index in [1.165, 1.54) is 5.56 Å². The van der Waals surface area contributed by atoms with Crippen LogP contribution in [0.4, 0.5) is 10.5 Å². The Bertz CT molecular complexity index is 941. The summed E-state index contributed by atoms with van der Waals surface area (Å²) in [6.07, 6.45) is 0.663. The van der Waals surface area contributed by atoms with E-state index in [4.69, 9.17) is 15.2 Å². The number of ether oxygens (including phenoxy) is 2. The number of aryl methyl sites for hydroxylation is 1. The minimum atomic E-state index is -0.717. The zero-order chi connectivity index (χ0) is 22.5. The number of amides is 1. The first-order valence-corrected chi connectivity index (χ1v) is 10.8. The fourth-order valence-corrected chi connectivity index (χ4v) is 3.85. The summed E-state index contributed by atoms with van der Waals surface area (Å²) in [4.78, 5) is 26.8. The van der Waals surface area contributed by atoms with Crippen LogP contribution in [-0.2, 0) is 22.4 Å². The van der Waals surface area contributed by atoms with Gasteiger partial charge < -0.3 is 20.1 Å². The van der Waals surface area contributed by atoms with Crippen LogP contribution >= 0.6 is 0 Å². The monoisotopic (exact) mass is 424 g/mol. The molecule has 166 valence electrons. The van der Waals surface area contributed by atoms with Gasteiger partial charge in [0.1, 0.15) is 5.75 Å². The largest absolute Gasteiger partial charge is 0.513 e. The first kappa shape index (κ1) is 22.8. The topological polar surface area (TPSA) is 81.9 Å². The van der Waals surface area contributed by atoms with E-state index in [-0.39, 0.29) is 11.8 Å². The molecule has 31 heavy (non-hydrogen) atoms. The van der Waals surface area contributed by atoms with Gasteiger partial charge in [0.2, 0.25) is 5.91 Å². The van der Waals surface area contributed by atoms with Gasteiger partial charge in [0.05, 0.1) is 12.6 Å². The van der Waals surface area contributed by atoms with Crippen LogP contribution in [0, 0.1) is 18.8 Å². The van der Waals surface area contributed by atoms with Gasteiger partial charge in [0, 0.05) is 12.2 Å². The fraction of sp³-hybridized carbons (Fsp3) is 0.440. The number of nitrogens with two attached hydrogens (primary N) is 1. The second-order valence-electron chi connectivity index (χ2n) is 8.84. The highest BCUT2D eigenvalue weighted by molar-refractivity contribution is 5.98. The van der Waals surface area contributed by atoms with Crippen LogP contribution < -0.4 is 15.4 Å². The van der Waals surface area contributed by atoms with Crippen LogP contribution in [-0.4, -0.2) is 31.3 Å². The van der Waals surface area contributed by atoms with Gasteiger partial charge in [-0.2, -0.15) is 0 Å². The Morgan fingerprint density at radius 1 is 1.19 bits per heavy atom. The molecule has 2 aromatic carbocycles. The summed E-state index contributed by atoms with van der Waals surface area (Å²) in [6.45, 7) is 8.96. The molecule has 1 aliphatic rings. The molecule has 6 nitrogen and oxygen atoms in total. The molecule has 0 spiro atoms. The van der Waals surface area contributed by atoms with Gasteiger partial charge in [-0.15, -0.1) is 0 Å². The Morgan fingerprint density at radius 3 is 2.65 bits per heavy atom. The molecule has 2 N–H and O–H groups in total. The van der Waals surface area contributed by atoms with Gasteiger partial charge in [-0.3, -0.25) is 4.79 Å². The van der Waals surface area contributed by atoms with E-state index in [1.807, 2.05) is 49.9 Å². The number of carbonyl (C=O) groups excluding carboxylic acids is 2. The predicted molar refractivity (Wildman–Crippen MR) is 121 cm³/mol. The minimum Gasteiger partial charge on any atom is -0.434 e. The highest BCUT2D eigenvalue weighted by Crippen LogP contribution is 2.30. The van der Waals surface area contributed by atoms with Crippen LogP contribution in [0.15, 0.2) is 42.5 Å². The smallest absolute Gasteiger partial charge is 0.434 e. The molecular weight excluding hydrogens is 392 g/mol. The lowest BCUT2D eigenvalue weighted by atomic mass is 9.92. The van der Waals surface area contributed by atoms with Crippen molar-refractivity contribution in [1.82, 2.24) is 0 Å². The fourth-order valence-electron chi connectivity index (χ4n) is 3.85. The molecule has 0 fully saturated rings. The Morgan fingerprint density at radius 2 is 1.94 bits per heavy atom. The Labute approximate surface area is 184 Å². The summed E-state index contributed by atoms with van der Waals surface area (Å²) in [5.74, 6) is 0.967. The summed E-state index contributed by atoms with van der Waals surface area (Å²) in [5, 5.41) is 0. The van der Waals surface area contributed by atoms with E-state index in [0.29, 0.717) is 31.2 Å². The number of fused-ring (bicyclic) bond motifs is 1. The van der Waals surface area contributed by atoms with Crippen LogP contribution in [0.2, 0.25) is 0 Å². The van der Waals surface area contributed by atoms with E-state index in [0.717, 1.165) is 23.2 Å². The number of para-hydroxylation sites is 1. The van der Waals surface area contributed by atoms with E-state index in [2.05, 4.69) is 13.0 Å². The van der Waals surface area contributed by atoms with Crippen molar-refractivity contribution < 1.29 is 19.1 Å². The molecular formula is C25H32N2O4. The van der Waals surface area contributed by atoms with Crippen molar-refractivity contribution in [2.24, 2.45) is 17.6 Å². The molecule has 3 rings (SSSR count). The predicted octanol–water partition coefficient (Wildman–Crippen LogP) is 4.26.